The molecule has 0 aliphatic heterocycles. The van der Waals surface area contributed by atoms with Crippen molar-refractivity contribution in [2.45, 2.75) is 11.6 Å². The van der Waals surface area contributed by atoms with E-state index in [0.29, 0.717) is 5.69 Å². The minimum absolute atomic E-state index is 0.205. The summed E-state index contributed by atoms with van der Waals surface area (Å²) >= 11 is 0. The molecule has 0 bridgehead atoms. The summed E-state index contributed by atoms with van der Waals surface area (Å²) in [5.74, 6) is 0. The molecule has 2 N–H and O–H groups in total. The van der Waals surface area contributed by atoms with E-state index in [0.717, 1.165) is 6.20 Å². The zero-order valence-corrected chi connectivity index (χ0v) is 7.78. The van der Waals surface area contributed by atoms with Crippen LogP contribution in [-0.4, -0.2) is 25.5 Å². The van der Waals surface area contributed by atoms with Crippen LogP contribution in [0, 0.1) is 0 Å². The van der Waals surface area contributed by atoms with Gasteiger partial charge < -0.3 is 4.74 Å². The normalized spacial score (nSPS) is 11.5. The van der Waals surface area contributed by atoms with Crippen molar-refractivity contribution in [3.05, 3.63) is 18.1 Å². The number of rotatable bonds is 3. The number of primary sulfonamides is 1. The number of nitrogens with zero attached hydrogens (tertiary/aromatic N) is 2. The van der Waals surface area contributed by atoms with Crippen LogP contribution in [0.2, 0.25) is 0 Å². The molecular weight excluding hydrogens is 194 g/mol. The van der Waals surface area contributed by atoms with Gasteiger partial charge in [-0.1, -0.05) is 0 Å². The fraction of sp³-hybridized carbons (Fsp3) is 0.333. The van der Waals surface area contributed by atoms with E-state index < -0.39 is 10.0 Å². The summed E-state index contributed by atoms with van der Waals surface area (Å²) in [5, 5.41) is 4.60. The van der Waals surface area contributed by atoms with Gasteiger partial charge >= 0.3 is 0 Å². The van der Waals surface area contributed by atoms with Crippen LogP contribution in [0.5, 0.6) is 0 Å². The number of methoxy groups -OCH3 is 1. The van der Waals surface area contributed by atoms with Crippen LogP contribution in [0.4, 0.5) is 0 Å². The summed E-state index contributed by atoms with van der Waals surface area (Å²) in [4.78, 5) is 7.40. The molecule has 1 aromatic heterocycles. The number of aromatic nitrogens is 2. The molecule has 7 heteroatoms. The van der Waals surface area contributed by atoms with Crippen molar-refractivity contribution in [1.82, 2.24) is 9.97 Å². The lowest BCUT2D eigenvalue weighted by Gasteiger charge is -2.00. The van der Waals surface area contributed by atoms with Crippen LogP contribution < -0.4 is 5.14 Å². The molecule has 0 spiro atoms. The first kappa shape index (κ1) is 10.0. The lowest BCUT2D eigenvalue weighted by atomic mass is 10.5. The van der Waals surface area contributed by atoms with Gasteiger partial charge in [0.1, 0.15) is 0 Å². The van der Waals surface area contributed by atoms with Crippen LogP contribution in [-0.2, 0) is 21.4 Å². The first-order chi connectivity index (χ1) is 6.04. The van der Waals surface area contributed by atoms with Crippen LogP contribution in [0.15, 0.2) is 17.4 Å². The summed E-state index contributed by atoms with van der Waals surface area (Å²) in [6.07, 6.45) is 2.51. The fourth-order valence-corrected chi connectivity index (χ4v) is 1.19. The van der Waals surface area contributed by atoms with Crippen molar-refractivity contribution in [2.24, 2.45) is 5.14 Å². The first-order valence-corrected chi connectivity index (χ1v) is 4.91. The van der Waals surface area contributed by atoms with Gasteiger partial charge in [0.15, 0.2) is 5.03 Å². The van der Waals surface area contributed by atoms with E-state index in [2.05, 4.69) is 9.97 Å². The Morgan fingerprint density at radius 2 is 2.23 bits per heavy atom. The quantitative estimate of drug-likeness (QED) is 0.698. The third kappa shape index (κ3) is 2.72. The van der Waals surface area contributed by atoms with E-state index in [9.17, 15) is 8.42 Å². The molecule has 0 fully saturated rings. The molecule has 0 amide bonds. The Morgan fingerprint density at radius 1 is 1.54 bits per heavy atom. The molecular formula is C6H9N3O3S. The van der Waals surface area contributed by atoms with Gasteiger partial charge in [0.25, 0.3) is 10.0 Å². The van der Waals surface area contributed by atoms with Gasteiger partial charge in [0, 0.05) is 7.11 Å². The highest BCUT2D eigenvalue weighted by Gasteiger charge is 2.10. The van der Waals surface area contributed by atoms with Crippen molar-refractivity contribution in [3.63, 3.8) is 0 Å². The smallest absolute Gasteiger partial charge is 0.257 e. The summed E-state index contributed by atoms with van der Waals surface area (Å²) < 4.78 is 26.4. The standard InChI is InChI=1S/C6H9N3O3S/c1-12-4-5-2-8-3-6(9-5)13(7,10)11/h2-3H,4H2,1H3,(H2,7,10,11). The molecule has 1 aromatic rings. The molecule has 0 atom stereocenters. The first-order valence-electron chi connectivity index (χ1n) is 3.36. The molecule has 0 unspecified atom stereocenters. The summed E-state index contributed by atoms with van der Waals surface area (Å²) in [6.45, 7) is 0.205. The molecule has 0 saturated carbocycles. The van der Waals surface area contributed by atoms with Gasteiger partial charge in [0.2, 0.25) is 0 Å². The molecule has 1 rings (SSSR count). The van der Waals surface area contributed by atoms with Gasteiger partial charge in [-0.15, -0.1) is 0 Å². The molecule has 0 aliphatic carbocycles. The molecule has 6 nitrogen and oxygen atoms in total. The molecule has 13 heavy (non-hydrogen) atoms. The Balaban J connectivity index is 3.06. The van der Waals surface area contributed by atoms with E-state index >= 15 is 0 Å². The highest BCUT2D eigenvalue weighted by Crippen LogP contribution is 2.02. The number of sulfonamides is 1. The lowest BCUT2D eigenvalue weighted by molar-refractivity contribution is 0.180. The highest BCUT2D eigenvalue weighted by atomic mass is 32.2. The predicted molar refractivity (Wildman–Crippen MR) is 44.1 cm³/mol. The van der Waals surface area contributed by atoms with Gasteiger partial charge in [-0.05, 0) is 0 Å². The summed E-state index contributed by atoms with van der Waals surface area (Å²) in [5.41, 5.74) is 0.425. The Morgan fingerprint density at radius 3 is 2.77 bits per heavy atom. The average Bonchev–Trinajstić information content (AvgIpc) is 2.04. The van der Waals surface area contributed by atoms with E-state index in [1.54, 1.807) is 0 Å². The topological polar surface area (TPSA) is 95.2 Å². The van der Waals surface area contributed by atoms with Crippen molar-refractivity contribution in [3.8, 4) is 0 Å². The molecule has 0 radical (unpaired) electrons. The fourth-order valence-electron chi connectivity index (χ4n) is 0.741. The summed E-state index contributed by atoms with van der Waals surface area (Å²) in [6, 6.07) is 0. The van der Waals surface area contributed by atoms with E-state index in [-0.39, 0.29) is 11.6 Å². The van der Waals surface area contributed by atoms with Crippen LogP contribution in [0.25, 0.3) is 0 Å². The maximum atomic E-state index is 10.8. The second-order valence-electron chi connectivity index (χ2n) is 2.33. The Hall–Kier alpha value is -1.05. The SMILES string of the molecule is COCc1cncc(S(N)(=O)=O)n1. The van der Waals surface area contributed by atoms with Crippen molar-refractivity contribution in [1.29, 1.82) is 0 Å². The van der Waals surface area contributed by atoms with Crippen molar-refractivity contribution in [2.75, 3.05) is 7.11 Å². The molecule has 0 saturated heterocycles. The third-order valence-corrected chi connectivity index (χ3v) is 2.03. The minimum Gasteiger partial charge on any atom is -0.378 e. The largest absolute Gasteiger partial charge is 0.378 e. The van der Waals surface area contributed by atoms with Crippen LogP contribution >= 0.6 is 0 Å². The number of ether oxygens (including phenoxy) is 1. The zero-order valence-electron chi connectivity index (χ0n) is 6.97. The van der Waals surface area contributed by atoms with Crippen molar-refractivity contribution >= 4 is 10.0 Å². The van der Waals surface area contributed by atoms with Crippen LogP contribution in [0.1, 0.15) is 5.69 Å². The predicted octanol–water partition coefficient (Wildman–Crippen LogP) is -0.730. The van der Waals surface area contributed by atoms with Gasteiger partial charge in [-0.3, -0.25) is 4.98 Å². The zero-order chi connectivity index (χ0) is 9.90. The van der Waals surface area contributed by atoms with Gasteiger partial charge in [-0.25, -0.2) is 18.5 Å². The Bertz CT molecular complexity index is 390. The maximum Gasteiger partial charge on any atom is 0.257 e. The van der Waals surface area contributed by atoms with Gasteiger partial charge in [0.05, 0.1) is 24.7 Å². The van der Waals surface area contributed by atoms with Crippen molar-refractivity contribution < 1.29 is 13.2 Å². The van der Waals surface area contributed by atoms with Gasteiger partial charge in [-0.2, -0.15) is 0 Å². The second-order valence-corrected chi connectivity index (χ2v) is 3.83. The lowest BCUT2D eigenvalue weighted by Crippen LogP contribution is -2.15. The second kappa shape index (κ2) is 3.77. The molecule has 72 valence electrons. The third-order valence-electron chi connectivity index (χ3n) is 1.25. The van der Waals surface area contributed by atoms with Crippen LogP contribution in [0.3, 0.4) is 0 Å². The number of nitrogens with two attached hydrogens (primary N) is 1. The van der Waals surface area contributed by atoms with E-state index in [1.807, 2.05) is 0 Å². The molecule has 1 heterocycles. The van der Waals surface area contributed by atoms with E-state index in [4.69, 9.17) is 9.88 Å². The Labute approximate surface area is 75.8 Å². The summed E-state index contributed by atoms with van der Waals surface area (Å²) in [7, 11) is -2.30. The Kier molecular flexibility index (Phi) is 2.91. The average molecular weight is 203 g/mol. The molecule has 0 aliphatic rings. The monoisotopic (exact) mass is 203 g/mol. The minimum atomic E-state index is -3.77. The molecule has 0 aromatic carbocycles. The van der Waals surface area contributed by atoms with E-state index in [1.165, 1.54) is 13.3 Å². The highest BCUT2D eigenvalue weighted by molar-refractivity contribution is 7.89. The number of hydrogen-bond acceptors (Lipinski definition) is 5. The number of hydrogen-bond donors (Lipinski definition) is 1. The maximum absolute atomic E-state index is 10.8.